The standard InChI is InChI=1S/C17H31NO/c18-13-15(14-6-2-3-7-14)12-16-8-11-17(19-16)9-4-1-5-10-17/h14-16H,1-13,18H2. The topological polar surface area (TPSA) is 35.2 Å². The summed E-state index contributed by atoms with van der Waals surface area (Å²) in [7, 11) is 0. The molecule has 0 bridgehead atoms. The molecule has 2 unspecified atom stereocenters. The van der Waals surface area contributed by atoms with E-state index in [2.05, 4.69) is 0 Å². The highest BCUT2D eigenvalue weighted by atomic mass is 16.5. The van der Waals surface area contributed by atoms with Gasteiger partial charge in [0.15, 0.2) is 0 Å². The van der Waals surface area contributed by atoms with Gasteiger partial charge in [0, 0.05) is 0 Å². The van der Waals surface area contributed by atoms with Crippen LogP contribution in [0, 0.1) is 11.8 Å². The number of hydrogen-bond acceptors (Lipinski definition) is 2. The van der Waals surface area contributed by atoms with E-state index in [1.165, 1.54) is 77.0 Å². The molecule has 1 saturated heterocycles. The van der Waals surface area contributed by atoms with Crippen molar-refractivity contribution in [1.82, 2.24) is 0 Å². The molecule has 3 rings (SSSR count). The largest absolute Gasteiger partial charge is 0.372 e. The van der Waals surface area contributed by atoms with Crippen molar-refractivity contribution >= 4 is 0 Å². The summed E-state index contributed by atoms with van der Waals surface area (Å²) < 4.78 is 6.53. The summed E-state index contributed by atoms with van der Waals surface area (Å²) in [5, 5.41) is 0. The van der Waals surface area contributed by atoms with E-state index in [9.17, 15) is 0 Å². The van der Waals surface area contributed by atoms with Crippen LogP contribution in [0.15, 0.2) is 0 Å². The maximum Gasteiger partial charge on any atom is 0.0687 e. The third kappa shape index (κ3) is 3.16. The first-order valence-corrected chi connectivity index (χ1v) is 8.69. The molecule has 0 aromatic heterocycles. The van der Waals surface area contributed by atoms with E-state index in [1.54, 1.807) is 0 Å². The highest BCUT2D eigenvalue weighted by Crippen LogP contribution is 2.44. The van der Waals surface area contributed by atoms with Crippen molar-refractivity contribution in [3.8, 4) is 0 Å². The van der Waals surface area contributed by atoms with E-state index < -0.39 is 0 Å². The average molecular weight is 265 g/mol. The molecule has 2 atom stereocenters. The Balaban J connectivity index is 1.52. The highest BCUT2D eigenvalue weighted by molar-refractivity contribution is 4.92. The Hall–Kier alpha value is -0.0800. The number of ether oxygens (including phenoxy) is 1. The molecule has 3 fully saturated rings. The minimum absolute atomic E-state index is 0.289. The number of hydrogen-bond donors (Lipinski definition) is 1. The van der Waals surface area contributed by atoms with Gasteiger partial charge in [0.05, 0.1) is 11.7 Å². The third-order valence-corrected chi connectivity index (χ3v) is 6.04. The lowest BCUT2D eigenvalue weighted by atomic mass is 9.82. The van der Waals surface area contributed by atoms with Gasteiger partial charge in [-0.2, -0.15) is 0 Å². The molecular weight excluding hydrogens is 234 g/mol. The van der Waals surface area contributed by atoms with Crippen LogP contribution in [-0.2, 0) is 4.74 Å². The van der Waals surface area contributed by atoms with Crippen LogP contribution in [0.4, 0.5) is 0 Å². The van der Waals surface area contributed by atoms with Gasteiger partial charge in [-0.05, 0) is 50.5 Å². The fraction of sp³-hybridized carbons (Fsp3) is 1.00. The van der Waals surface area contributed by atoms with Crippen molar-refractivity contribution in [2.45, 2.75) is 88.8 Å². The van der Waals surface area contributed by atoms with Gasteiger partial charge in [0.1, 0.15) is 0 Å². The second kappa shape index (κ2) is 6.13. The average Bonchev–Trinajstić information content (AvgIpc) is 3.08. The summed E-state index contributed by atoms with van der Waals surface area (Å²) in [5.74, 6) is 1.63. The Morgan fingerprint density at radius 1 is 0.947 bits per heavy atom. The fourth-order valence-electron chi connectivity index (χ4n) is 4.87. The SMILES string of the molecule is NCC(CC1CCC2(CCCCC2)O1)C1CCCC1. The summed E-state index contributed by atoms with van der Waals surface area (Å²) in [6, 6.07) is 0. The van der Waals surface area contributed by atoms with Gasteiger partial charge in [-0.1, -0.05) is 44.9 Å². The summed E-state index contributed by atoms with van der Waals surface area (Å²) >= 11 is 0. The van der Waals surface area contributed by atoms with Gasteiger partial charge in [-0.15, -0.1) is 0 Å². The first-order valence-electron chi connectivity index (χ1n) is 8.69. The molecule has 110 valence electrons. The number of rotatable bonds is 4. The van der Waals surface area contributed by atoms with Crippen molar-refractivity contribution in [3.63, 3.8) is 0 Å². The Morgan fingerprint density at radius 2 is 1.68 bits per heavy atom. The summed E-state index contributed by atoms with van der Waals surface area (Å²) in [6.45, 7) is 0.873. The first-order chi connectivity index (χ1) is 9.31. The van der Waals surface area contributed by atoms with Crippen LogP contribution in [0.2, 0.25) is 0 Å². The molecule has 1 aliphatic heterocycles. The lowest BCUT2D eigenvalue weighted by Gasteiger charge is -2.34. The molecule has 2 saturated carbocycles. The summed E-state index contributed by atoms with van der Waals surface area (Å²) in [6.07, 6.45) is 16.9. The Morgan fingerprint density at radius 3 is 2.37 bits per heavy atom. The van der Waals surface area contributed by atoms with E-state index in [-0.39, 0.29) is 5.60 Å². The zero-order valence-corrected chi connectivity index (χ0v) is 12.4. The van der Waals surface area contributed by atoms with E-state index in [0.717, 1.165) is 18.4 Å². The van der Waals surface area contributed by atoms with Crippen LogP contribution in [0.5, 0.6) is 0 Å². The second-order valence-corrected chi connectivity index (χ2v) is 7.30. The van der Waals surface area contributed by atoms with Gasteiger partial charge in [0.25, 0.3) is 0 Å². The zero-order valence-electron chi connectivity index (χ0n) is 12.4. The number of nitrogens with two attached hydrogens (primary N) is 1. The normalized spacial score (nSPS) is 33.0. The van der Waals surface area contributed by atoms with Gasteiger partial charge >= 0.3 is 0 Å². The molecular formula is C17H31NO. The minimum Gasteiger partial charge on any atom is -0.372 e. The maximum absolute atomic E-state index is 6.53. The lowest BCUT2D eigenvalue weighted by molar-refractivity contribution is -0.0714. The van der Waals surface area contributed by atoms with E-state index in [1.807, 2.05) is 0 Å². The molecule has 1 heterocycles. The monoisotopic (exact) mass is 265 g/mol. The van der Waals surface area contributed by atoms with E-state index in [0.29, 0.717) is 6.10 Å². The second-order valence-electron chi connectivity index (χ2n) is 7.30. The van der Waals surface area contributed by atoms with Crippen molar-refractivity contribution in [2.24, 2.45) is 17.6 Å². The van der Waals surface area contributed by atoms with E-state index in [4.69, 9.17) is 10.5 Å². The smallest absolute Gasteiger partial charge is 0.0687 e. The van der Waals surface area contributed by atoms with Gasteiger partial charge in [-0.3, -0.25) is 0 Å². The van der Waals surface area contributed by atoms with E-state index >= 15 is 0 Å². The predicted octanol–water partition coefficient (Wildman–Crippen LogP) is 4.02. The molecule has 3 aliphatic rings. The van der Waals surface area contributed by atoms with Gasteiger partial charge < -0.3 is 10.5 Å². The molecule has 19 heavy (non-hydrogen) atoms. The Kier molecular flexibility index (Phi) is 4.48. The van der Waals surface area contributed by atoms with Crippen LogP contribution >= 0.6 is 0 Å². The molecule has 0 radical (unpaired) electrons. The quantitative estimate of drug-likeness (QED) is 0.833. The van der Waals surface area contributed by atoms with Gasteiger partial charge in [-0.25, -0.2) is 0 Å². The molecule has 2 nitrogen and oxygen atoms in total. The van der Waals surface area contributed by atoms with Crippen molar-refractivity contribution < 1.29 is 4.74 Å². The molecule has 1 spiro atoms. The summed E-state index contributed by atoms with van der Waals surface area (Å²) in [4.78, 5) is 0. The van der Waals surface area contributed by atoms with Crippen LogP contribution in [0.1, 0.15) is 77.0 Å². The van der Waals surface area contributed by atoms with Crippen LogP contribution in [-0.4, -0.2) is 18.2 Å². The molecule has 0 amide bonds. The maximum atomic E-state index is 6.53. The summed E-state index contributed by atoms with van der Waals surface area (Å²) in [5.41, 5.74) is 6.33. The van der Waals surface area contributed by atoms with Gasteiger partial charge in [0.2, 0.25) is 0 Å². The van der Waals surface area contributed by atoms with Crippen molar-refractivity contribution in [3.05, 3.63) is 0 Å². The molecule has 0 aromatic rings. The highest BCUT2D eigenvalue weighted by Gasteiger charge is 2.41. The molecule has 2 heteroatoms. The molecule has 2 N–H and O–H groups in total. The van der Waals surface area contributed by atoms with Crippen LogP contribution in [0.3, 0.4) is 0 Å². The molecule has 2 aliphatic carbocycles. The van der Waals surface area contributed by atoms with Crippen molar-refractivity contribution in [2.75, 3.05) is 6.54 Å². The fourth-order valence-corrected chi connectivity index (χ4v) is 4.87. The third-order valence-electron chi connectivity index (χ3n) is 6.04. The zero-order chi connectivity index (χ0) is 13.1. The molecule has 0 aromatic carbocycles. The Bertz CT molecular complexity index is 279. The van der Waals surface area contributed by atoms with Crippen molar-refractivity contribution in [1.29, 1.82) is 0 Å². The minimum atomic E-state index is 0.289. The van der Waals surface area contributed by atoms with Crippen LogP contribution < -0.4 is 5.73 Å². The van der Waals surface area contributed by atoms with Crippen LogP contribution in [0.25, 0.3) is 0 Å². The predicted molar refractivity (Wildman–Crippen MR) is 79.0 cm³/mol. The lowest BCUT2D eigenvalue weighted by Crippen LogP contribution is -2.33. The Labute approximate surface area is 118 Å². The first kappa shape index (κ1) is 13.9.